The summed E-state index contributed by atoms with van der Waals surface area (Å²) in [6.07, 6.45) is 1.63. The maximum atomic E-state index is 10.2. The molecule has 0 heterocycles. The van der Waals surface area contributed by atoms with E-state index in [0.29, 0.717) is 0 Å². The van der Waals surface area contributed by atoms with Gasteiger partial charge in [-0.2, -0.15) is 0 Å². The van der Waals surface area contributed by atoms with E-state index in [-0.39, 0.29) is 28.6 Å². The van der Waals surface area contributed by atoms with Gasteiger partial charge in [0.1, 0.15) is 12.1 Å². The predicted octanol–water partition coefficient (Wildman–Crippen LogP) is 0.886. The Morgan fingerprint density at radius 3 is 1.16 bits per heavy atom. The molecule has 0 saturated heterocycles. The molecule has 0 aromatic rings. The summed E-state index contributed by atoms with van der Waals surface area (Å²) in [4.78, 5) is 20.3. The summed E-state index contributed by atoms with van der Waals surface area (Å²) in [6.45, 7) is 7.51. The topological polar surface area (TPSA) is 127 Å². The first kappa shape index (κ1) is 23.5. The standard InChI is InChI=1S/2C6H13NO2.Co/c2*1-3-4(2)5(7)6(8)9;/h2*4-5H,3,7H2,1-2H3,(H,8,9);. The van der Waals surface area contributed by atoms with Crippen LogP contribution < -0.4 is 11.5 Å². The zero-order valence-electron chi connectivity index (χ0n) is 11.9. The van der Waals surface area contributed by atoms with Crippen molar-refractivity contribution in [3.63, 3.8) is 0 Å². The van der Waals surface area contributed by atoms with E-state index in [9.17, 15) is 9.59 Å². The van der Waals surface area contributed by atoms with Gasteiger partial charge in [-0.1, -0.05) is 40.5 Å². The smallest absolute Gasteiger partial charge is 0.320 e. The van der Waals surface area contributed by atoms with E-state index in [0.717, 1.165) is 12.8 Å². The van der Waals surface area contributed by atoms with Crippen LogP contribution in [0.15, 0.2) is 0 Å². The third-order valence-corrected chi connectivity index (χ3v) is 3.08. The quantitative estimate of drug-likeness (QED) is 0.575. The Kier molecular flexibility index (Phi) is 15.3. The minimum Gasteiger partial charge on any atom is -0.480 e. The van der Waals surface area contributed by atoms with Gasteiger partial charge in [-0.15, -0.1) is 0 Å². The zero-order valence-corrected chi connectivity index (χ0v) is 13.0. The number of hydrogen-bond acceptors (Lipinski definition) is 4. The fraction of sp³-hybridized carbons (Fsp3) is 0.833. The molecule has 0 spiro atoms. The van der Waals surface area contributed by atoms with Crippen LogP contribution in [0.5, 0.6) is 0 Å². The number of nitrogens with two attached hydrogens (primary N) is 2. The molecule has 0 aliphatic rings. The molecule has 0 aliphatic heterocycles. The first-order valence-corrected chi connectivity index (χ1v) is 6.15. The van der Waals surface area contributed by atoms with Crippen molar-refractivity contribution in [2.24, 2.45) is 23.3 Å². The molecule has 0 saturated carbocycles. The van der Waals surface area contributed by atoms with E-state index in [1.807, 2.05) is 27.7 Å². The third-order valence-electron chi connectivity index (χ3n) is 3.08. The molecule has 4 unspecified atom stereocenters. The molecule has 4 atom stereocenters. The average molecular weight is 321 g/mol. The second-order valence-electron chi connectivity index (χ2n) is 4.50. The van der Waals surface area contributed by atoms with E-state index >= 15 is 0 Å². The Bertz CT molecular complexity index is 238. The predicted molar refractivity (Wildman–Crippen MR) is 70.1 cm³/mol. The molecule has 0 aliphatic carbocycles. The monoisotopic (exact) mass is 321 g/mol. The molecule has 0 amide bonds. The van der Waals surface area contributed by atoms with E-state index < -0.39 is 24.0 Å². The van der Waals surface area contributed by atoms with E-state index in [2.05, 4.69) is 0 Å². The molecular formula is C12H26CoN2O4. The normalized spacial score (nSPS) is 15.9. The van der Waals surface area contributed by atoms with Gasteiger partial charge < -0.3 is 21.7 Å². The largest absolute Gasteiger partial charge is 0.480 e. The van der Waals surface area contributed by atoms with Crippen LogP contribution >= 0.6 is 0 Å². The van der Waals surface area contributed by atoms with Crippen LogP contribution in [0.3, 0.4) is 0 Å². The third kappa shape index (κ3) is 10.9. The molecule has 7 heteroatoms. The summed E-state index contributed by atoms with van der Waals surface area (Å²) < 4.78 is 0. The summed E-state index contributed by atoms with van der Waals surface area (Å²) in [5.41, 5.74) is 10.5. The van der Waals surface area contributed by atoms with Gasteiger partial charge in [0.25, 0.3) is 0 Å². The minimum absolute atomic E-state index is 0. The maximum Gasteiger partial charge on any atom is 0.320 e. The molecule has 6 N–H and O–H groups in total. The number of aliphatic carboxylic acids is 2. The molecule has 19 heavy (non-hydrogen) atoms. The number of carbonyl (C=O) groups is 2. The molecule has 117 valence electrons. The van der Waals surface area contributed by atoms with Crippen molar-refractivity contribution < 1.29 is 36.6 Å². The fourth-order valence-electron chi connectivity index (χ4n) is 0.995. The van der Waals surface area contributed by atoms with Gasteiger partial charge in [0.2, 0.25) is 0 Å². The number of rotatable bonds is 6. The molecule has 0 aromatic carbocycles. The van der Waals surface area contributed by atoms with Gasteiger partial charge >= 0.3 is 11.9 Å². The SMILES string of the molecule is CCC(C)C(N)C(=O)O.CCC(C)C(N)C(=O)O.[Co]. The van der Waals surface area contributed by atoms with Crippen molar-refractivity contribution in [3.8, 4) is 0 Å². The molecule has 0 rings (SSSR count). The van der Waals surface area contributed by atoms with Crippen molar-refractivity contribution in [3.05, 3.63) is 0 Å². The zero-order chi connectivity index (χ0) is 14.9. The van der Waals surface area contributed by atoms with Gasteiger partial charge in [-0.05, 0) is 11.8 Å². The van der Waals surface area contributed by atoms with Crippen molar-refractivity contribution in [1.82, 2.24) is 0 Å². The second kappa shape index (κ2) is 12.4. The summed E-state index contributed by atoms with van der Waals surface area (Å²) in [7, 11) is 0. The van der Waals surface area contributed by atoms with Gasteiger partial charge in [-0.3, -0.25) is 9.59 Å². The second-order valence-corrected chi connectivity index (χ2v) is 4.50. The first-order valence-electron chi connectivity index (χ1n) is 6.15. The number of carboxylic acid groups (broad SMARTS) is 2. The van der Waals surface area contributed by atoms with Gasteiger partial charge in [-0.25, -0.2) is 0 Å². The maximum absolute atomic E-state index is 10.2. The average Bonchev–Trinajstić information content (AvgIpc) is 2.35. The van der Waals surface area contributed by atoms with Crippen molar-refractivity contribution in [2.45, 2.75) is 52.6 Å². The van der Waals surface area contributed by atoms with E-state index in [1.54, 1.807) is 0 Å². The summed E-state index contributed by atoms with van der Waals surface area (Å²) in [5.74, 6) is -1.68. The molecule has 0 aromatic heterocycles. The van der Waals surface area contributed by atoms with Crippen molar-refractivity contribution in [1.29, 1.82) is 0 Å². The van der Waals surface area contributed by atoms with Crippen LogP contribution in [-0.4, -0.2) is 34.2 Å². The van der Waals surface area contributed by atoms with Gasteiger partial charge in [0.15, 0.2) is 0 Å². The Morgan fingerprint density at radius 2 is 1.11 bits per heavy atom. The number of carboxylic acids is 2. The Labute approximate surface area is 125 Å². The van der Waals surface area contributed by atoms with Crippen molar-refractivity contribution >= 4 is 11.9 Å². The molecule has 6 nitrogen and oxygen atoms in total. The van der Waals surface area contributed by atoms with Crippen LogP contribution in [0.4, 0.5) is 0 Å². The van der Waals surface area contributed by atoms with Crippen LogP contribution in [0.25, 0.3) is 0 Å². The Balaban J connectivity index is -0.000000256. The van der Waals surface area contributed by atoms with Crippen LogP contribution in [-0.2, 0) is 26.4 Å². The Morgan fingerprint density at radius 1 is 0.895 bits per heavy atom. The van der Waals surface area contributed by atoms with E-state index in [4.69, 9.17) is 21.7 Å². The molecule has 1 radical (unpaired) electrons. The van der Waals surface area contributed by atoms with Gasteiger partial charge in [0, 0.05) is 16.8 Å². The van der Waals surface area contributed by atoms with Gasteiger partial charge in [0.05, 0.1) is 0 Å². The van der Waals surface area contributed by atoms with Crippen molar-refractivity contribution in [2.75, 3.05) is 0 Å². The number of hydrogen-bond donors (Lipinski definition) is 4. The van der Waals surface area contributed by atoms with E-state index in [1.165, 1.54) is 0 Å². The first-order chi connectivity index (χ1) is 8.18. The summed E-state index contributed by atoms with van der Waals surface area (Å²) in [5, 5.41) is 16.7. The fourth-order valence-corrected chi connectivity index (χ4v) is 0.995. The molecule has 0 fully saturated rings. The minimum atomic E-state index is -0.913. The van der Waals surface area contributed by atoms with Crippen LogP contribution in [0.2, 0.25) is 0 Å². The molecule has 0 bridgehead atoms. The van der Waals surface area contributed by atoms with Crippen LogP contribution in [0, 0.1) is 11.8 Å². The summed E-state index contributed by atoms with van der Waals surface area (Å²) in [6, 6.07) is -1.40. The molecular weight excluding hydrogens is 295 g/mol. The summed E-state index contributed by atoms with van der Waals surface area (Å²) >= 11 is 0. The van der Waals surface area contributed by atoms with Crippen LogP contribution in [0.1, 0.15) is 40.5 Å². The Hall–Kier alpha value is -0.634.